The quantitative estimate of drug-likeness (QED) is 0.754. The van der Waals surface area contributed by atoms with Gasteiger partial charge >= 0.3 is 0 Å². The number of ether oxygens (including phenoxy) is 2. The lowest BCUT2D eigenvalue weighted by Gasteiger charge is -2.29. The summed E-state index contributed by atoms with van der Waals surface area (Å²) in [7, 11) is 0. The van der Waals surface area contributed by atoms with Crippen LogP contribution < -0.4 is 5.32 Å². The Bertz CT molecular complexity index is 248. The molecule has 5 nitrogen and oxygen atoms in total. The number of nitrogens with zero attached hydrogens (tertiary/aromatic N) is 1. The molecule has 0 unspecified atom stereocenters. The van der Waals surface area contributed by atoms with Crippen molar-refractivity contribution in [3.8, 4) is 0 Å². The van der Waals surface area contributed by atoms with Gasteiger partial charge in [0.2, 0.25) is 5.91 Å². The van der Waals surface area contributed by atoms with Crippen LogP contribution in [0.25, 0.3) is 0 Å². The van der Waals surface area contributed by atoms with Crippen LogP contribution in [0.15, 0.2) is 0 Å². The molecule has 0 spiro atoms. The van der Waals surface area contributed by atoms with Gasteiger partial charge in [-0.25, -0.2) is 0 Å². The molecule has 0 aliphatic carbocycles. The van der Waals surface area contributed by atoms with Crippen molar-refractivity contribution in [2.24, 2.45) is 0 Å². The molecule has 0 aromatic rings. The molecule has 98 valence electrons. The average molecular weight is 242 g/mol. The second kappa shape index (κ2) is 6.33. The van der Waals surface area contributed by atoms with Gasteiger partial charge in [-0.1, -0.05) is 0 Å². The van der Waals surface area contributed by atoms with E-state index in [1.807, 2.05) is 6.92 Å². The molecule has 2 fully saturated rings. The lowest BCUT2D eigenvalue weighted by Crippen LogP contribution is -2.48. The summed E-state index contributed by atoms with van der Waals surface area (Å²) in [5.74, 6) is 0.0447. The minimum Gasteiger partial charge on any atom is -0.379 e. The van der Waals surface area contributed by atoms with Crippen molar-refractivity contribution in [3.63, 3.8) is 0 Å². The Morgan fingerprint density at radius 3 is 2.82 bits per heavy atom. The van der Waals surface area contributed by atoms with Crippen molar-refractivity contribution < 1.29 is 14.3 Å². The maximum atomic E-state index is 11.8. The predicted octanol–water partition coefficient (Wildman–Crippen LogP) is 0.00230. The van der Waals surface area contributed by atoms with E-state index in [-0.39, 0.29) is 18.1 Å². The number of amides is 1. The summed E-state index contributed by atoms with van der Waals surface area (Å²) in [6.07, 6.45) is 1.63. The Hall–Kier alpha value is -0.650. The van der Waals surface area contributed by atoms with E-state index in [1.165, 1.54) is 0 Å². The van der Waals surface area contributed by atoms with E-state index in [4.69, 9.17) is 9.47 Å². The molecule has 0 radical (unpaired) electrons. The van der Waals surface area contributed by atoms with Gasteiger partial charge in [-0.2, -0.15) is 0 Å². The van der Waals surface area contributed by atoms with E-state index >= 15 is 0 Å². The molecule has 17 heavy (non-hydrogen) atoms. The summed E-state index contributed by atoms with van der Waals surface area (Å²) in [6, 6.07) is 0.171. The molecule has 5 heteroatoms. The molecule has 2 atom stereocenters. The van der Waals surface area contributed by atoms with Gasteiger partial charge in [0.1, 0.15) is 6.10 Å². The molecule has 2 saturated heterocycles. The fourth-order valence-electron chi connectivity index (χ4n) is 2.34. The summed E-state index contributed by atoms with van der Waals surface area (Å²) >= 11 is 0. The molecule has 2 rings (SSSR count). The highest BCUT2D eigenvalue weighted by atomic mass is 16.5. The third kappa shape index (κ3) is 3.94. The van der Waals surface area contributed by atoms with Gasteiger partial charge in [0.15, 0.2) is 0 Å². The third-order valence-electron chi connectivity index (χ3n) is 3.25. The standard InChI is InChI=1S/C12H22N2O3/c1-10(9-14-4-7-16-8-5-14)13-12(15)11-3-2-6-17-11/h10-11H,2-9H2,1H3,(H,13,15)/t10-,11+/m1/s1. The van der Waals surface area contributed by atoms with Gasteiger partial charge < -0.3 is 14.8 Å². The van der Waals surface area contributed by atoms with E-state index in [9.17, 15) is 4.79 Å². The second-order valence-electron chi connectivity index (χ2n) is 4.82. The lowest BCUT2D eigenvalue weighted by atomic mass is 10.2. The molecule has 0 aromatic heterocycles. The highest BCUT2D eigenvalue weighted by Gasteiger charge is 2.25. The Morgan fingerprint density at radius 2 is 2.18 bits per heavy atom. The normalized spacial score (nSPS) is 27.9. The van der Waals surface area contributed by atoms with Crippen LogP contribution in [-0.2, 0) is 14.3 Å². The van der Waals surface area contributed by atoms with Crippen molar-refractivity contribution in [1.29, 1.82) is 0 Å². The SMILES string of the molecule is C[C@H](CN1CCOCC1)NC(=O)[C@@H]1CCCO1. The Kier molecular flexibility index (Phi) is 4.76. The first-order chi connectivity index (χ1) is 8.25. The topological polar surface area (TPSA) is 50.8 Å². The first-order valence-electron chi connectivity index (χ1n) is 6.48. The molecular formula is C12H22N2O3. The number of carbonyl (C=O) groups excluding carboxylic acids is 1. The molecular weight excluding hydrogens is 220 g/mol. The average Bonchev–Trinajstić information content (AvgIpc) is 2.83. The zero-order valence-electron chi connectivity index (χ0n) is 10.5. The summed E-state index contributed by atoms with van der Waals surface area (Å²) in [6.45, 7) is 7.17. The summed E-state index contributed by atoms with van der Waals surface area (Å²) in [5.41, 5.74) is 0. The Labute approximate surface area is 102 Å². The van der Waals surface area contributed by atoms with Crippen molar-refractivity contribution in [1.82, 2.24) is 10.2 Å². The van der Waals surface area contributed by atoms with Crippen molar-refractivity contribution >= 4 is 5.91 Å². The van der Waals surface area contributed by atoms with Crippen LogP contribution >= 0.6 is 0 Å². The van der Waals surface area contributed by atoms with E-state index in [2.05, 4.69) is 10.2 Å². The van der Waals surface area contributed by atoms with Gasteiger partial charge in [0, 0.05) is 32.3 Å². The van der Waals surface area contributed by atoms with Gasteiger partial charge in [0.25, 0.3) is 0 Å². The minimum atomic E-state index is -0.220. The van der Waals surface area contributed by atoms with E-state index in [1.54, 1.807) is 0 Å². The minimum absolute atomic E-state index is 0.0447. The Morgan fingerprint density at radius 1 is 1.41 bits per heavy atom. The lowest BCUT2D eigenvalue weighted by molar-refractivity contribution is -0.130. The predicted molar refractivity (Wildman–Crippen MR) is 63.8 cm³/mol. The van der Waals surface area contributed by atoms with Crippen LogP contribution in [0.2, 0.25) is 0 Å². The van der Waals surface area contributed by atoms with Crippen LogP contribution in [0.4, 0.5) is 0 Å². The fourth-order valence-corrected chi connectivity index (χ4v) is 2.34. The van der Waals surface area contributed by atoms with Crippen molar-refractivity contribution in [2.45, 2.75) is 31.9 Å². The number of carbonyl (C=O) groups is 1. The number of morpholine rings is 1. The first kappa shape index (κ1) is 12.8. The largest absolute Gasteiger partial charge is 0.379 e. The van der Waals surface area contributed by atoms with Crippen LogP contribution in [0.5, 0.6) is 0 Å². The maximum absolute atomic E-state index is 11.8. The van der Waals surface area contributed by atoms with Crippen molar-refractivity contribution in [2.75, 3.05) is 39.5 Å². The molecule has 2 aliphatic rings. The van der Waals surface area contributed by atoms with E-state index in [0.717, 1.165) is 52.3 Å². The van der Waals surface area contributed by atoms with Gasteiger partial charge in [-0.15, -0.1) is 0 Å². The van der Waals surface area contributed by atoms with Crippen LogP contribution in [-0.4, -0.2) is 62.4 Å². The molecule has 1 amide bonds. The second-order valence-corrected chi connectivity index (χ2v) is 4.82. The number of hydrogen-bond acceptors (Lipinski definition) is 4. The molecule has 0 aromatic carbocycles. The summed E-state index contributed by atoms with van der Waals surface area (Å²) < 4.78 is 10.7. The number of rotatable bonds is 4. The summed E-state index contributed by atoms with van der Waals surface area (Å²) in [5, 5.41) is 3.02. The zero-order valence-corrected chi connectivity index (χ0v) is 10.5. The molecule has 1 N–H and O–H groups in total. The number of hydrogen-bond donors (Lipinski definition) is 1. The van der Waals surface area contributed by atoms with Gasteiger partial charge in [-0.3, -0.25) is 9.69 Å². The van der Waals surface area contributed by atoms with Crippen LogP contribution in [0.1, 0.15) is 19.8 Å². The van der Waals surface area contributed by atoms with Crippen molar-refractivity contribution in [3.05, 3.63) is 0 Å². The van der Waals surface area contributed by atoms with Crippen LogP contribution in [0.3, 0.4) is 0 Å². The Balaban J connectivity index is 1.68. The first-order valence-corrected chi connectivity index (χ1v) is 6.48. The van der Waals surface area contributed by atoms with Gasteiger partial charge in [0.05, 0.1) is 13.2 Å². The van der Waals surface area contributed by atoms with E-state index < -0.39 is 0 Å². The summed E-state index contributed by atoms with van der Waals surface area (Å²) in [4.78, 5) is 14.1. The highest BCUT2D eigenvalue weighted by Crippen LogP contribution is 2.12. The molecule has 0 saturated carbocycles. The maximum Gasteiger partial charge on any atom is 0.249 e. The molecule has 2 aliphatic heterocycles. The smallest absolute Gasteiger partial charge is 0.249 e. The zero-order chi connectivity index (χ0) is 12.1. The number of nitrogens with one attached hydrogen (secondary N) is 1. The highest BCUT2D eigenvalue weighted by molar-refractivity contribution is 5.81. The van der Waals surface area contributed by atoms with Crippen LogP contribution in [0, 0.1) is 0 Å². The third-order valence-corrected chi connectivity index (χ3v) is 3.25. The molecule has 2 heterocycles. The van der Waals surface area contributed by atoms with Gasteiger partial charge in [-0.05, 0) is 19.8 Å². The van der Waals surface area contributed by atoms with E-state index in [0.29, 0.717) is 0 Å². The molecule has 0 bridgehead atoms. The monoisotopic (exact) mass is 242 g/mol. The fraction of sp³-hybridized carbons (Fsp3) is 0.917.